The molecule has 6 heteroatoms. The maximum absolute atomic E-state index is 12.1. The molecule has 0 atom stereocenters. The fourth-order valence-electron chi connectivity index (χ4n) is 2.19. The molecule has 1 aromatic heterocycles. The monoisotopic (exact) mass is 327 g/mol. The van der Waals surface area contributed by atoms with Crippen molar-refractivity contribution in [2.24, 2.45) is 0 Å². The van der Waals surface area contributed by atoms with Crippen LogP contribution in [0.5, 0.6) is 11.5 Å². The average molecular weight is 327 g/mol. The van der Waals surface area contributed by atoms with Crippen LogP contribution in [0.1, 0.15) is 22.5 Å². The lowest BCUT2D eigenvalue weighted by atomic mass is 10.0. The van der Waals surface area contributed by atoms with Gasteiger partial charge in [0.2, 0.25) is 17.4 Å². The number of anilines is 1. The highest BCUT2D eigenvalue weighted by Crippen LogP contribution is 2.44. The first-order valence-electron chi connectivity index (χ1n) is 6.89. The van der Waals surface area contributed by atoms with Crippen LogP contribution in [-0.2, 0) is 0 Å². The Morgan fingerprint density at radius 3 is 2.61 bits per heavy atom. The van der Waals surface area contributed by atoms with E-state index in [-0.39, 0.29) is 11.6 Å². The third kappa shape index (κ3) is 2.89. The molecular formula is C17H13NO4S. The van der Waals surface area contributed by atoms with Crippen molar-refractivity contribution in [2.45, 2.75) is 6.42 Å². The third-order valence-corrected chi connectivity index (χ3v) is 3.76. The SMILES string of the molecule is O=C(Nc1oc(C2=CC=CCC2=S)c(O)c1O)c1ccccc1. The lowest BCUT2D eigenvalue weighted by Crippen LogP contribution is -2.11. The van der Waals surface area contributed by atoms with Gasteiger partial charge in [-0.15, -0.1) is 0 Å². The maximum Gasteiger partial charge on any atom is 0.258 e. The topological polar surface area (TPSA) is 82.7 Å². The quantitative estimate of drug-likeness (QED) is 0.750. The van der Waals surface area contributed by atoms with E-state index < -0.39 is 17.4 Å². The summed E-state index contributed by atoms with van der Waals surface area (Å²) in [6.07, 6.45) is 5.90. The Hall–Kier alpha value is -2.86. The predicted octanol–water partition coefficient (Wildman–Crippen LogP) is 3.66. The number of nitrogens with one attached hydrogen (secondary N) is 1. The van der Waals surface area contributed by atoms with Gasteiger partial charge in [0.05, 0.1) is 0 Å². The minimum Gasteiger partial charge on any atom is -0.502 e. The van der Waals surface area contributed by atoms with Crippen LogP contribution in [0.3, 0.4) is 0 Å². The second-order valence-electron chi connectivity index (χ2n) is 4.91. The van der Waals surface area contributed by atoms with E-state index in [2.05, 4.69) is 5.32 Å². The molecule has 3 N–H and O–H groups in total. The van der Waals surface area contributed by atoms with E-state index in [0.29, 0.717) is 22.4 Å². The van der Waals surface area contributed by atoms with Gasteiger partial charge in [0.1, 0.15) is 0 Å². The second-order valence-corrected chi connectivity index (χ2v) is 5.41. The molecule has 3 rings (SSSR count). The standard InChI is InChI=1S/C17H13NO4S/c19-13-14(20)17(18-16(21)10-6-2-1-3-7-10)22-15(13)11-8-4-5-9-12(11)23/h1-8,19-20H,9H2,(H,18,21). The zero-order valence-corrected chi connectivity index (χ0v) is 12.8. The molecule has 0 radical (unpaired) electrons. The minimum absolute atomic E-state index is 0.0419. The zero-order chi connectivity index (χ0) is 16.4. The summed E-state index contributed by atoms with van der Waals surface area (Å²) in [7, 11) is 0. The Morgan fingerprint density at radius 2 is 1.91 bits per heavy atom. The Kier molecular flexibility index (Phi) is 3.99. The molecule has 0 fully saturated rings. The van der Waals surface area contributed by atoms with Crippen molar-refractivity contribution < 1.29 is 19.4 Å². The number of furan rings is 1. The third-order valence-electron chi connectivity index (χ3n) is 3.37. The molecule has 1 aliphatic rings. The summed E-state index contributed by atoms with van der Waals surface area (Å²) in [5.41, 5.74) is 0.912. The van der Waals surface area contributed by atoms with E-state index in [4.69, 9.17) is 16.6 Å². The first-order valence-corrected chi connectivity index (χ1v) is 7.30. The van der Waals surface area contributed by atoms with Crippen LogP contribution in [0.2, 0.25) is 0 Å². The van der Waals surface area contributed by atoms with Crippen molar-refractivity contribution in [1.82, 2.24) is 0 Å². The molecule has 0 saturated carbocycles. The fourth-order valence-corrected chi connectivity index (χ4v) is 2.45. The summed E-state index contributed by atoms with van der Waals surface area (Å²) < 4.78 is 5.43. The normalized spacial score (nSPS) is 13.7. The largest absolute Gasteiger partial charge is 0.502 e. The molecule has 2 aromatic rings. The molecule has 0 spiro atoms. The van der Waals surface area contributed by atoms with Crippen molar-refractivity contribution in [2.75, 3.05) is 5.32 Å². The van der Waals surface area contributed by atoms with Crippen molar-refractivity contribution in [3.8, 4) is 11.5 Å². The number of hydrogen-bond donors (Lipinski definition) is 3. The maximum atomic E-state index is 12.1. The highest BCUT2D eigenvalue weighted by Gasteiger charge is 2.25. The number of thiocarbonyl (C=S) groups is 1. The first-order chi connectivity index (χ1) is 11.1. The molecule has 1 aliphatic carbocycles. The van der Waals surface area contributed by atoms with Gasteiger partial charge in [0.25, 0.3) is 5.91 Å². The molecule has 1 aromatic carbocycles. The Balaban J connectivity index is 1.92. The smallest absolute Gasteiger partial charge is 0.258 e. The van der Waals surface area contributed by atoms with Gasteiger partial charge in [-0.25, -0.2) is 0 Å². The summed E-state index contributed by atoms with van der Waals surface area (Å²) in [5.74, 6) is -1.61. The Labute approximate surface area is 137 Å². The lowest BCUT2D eigenvalue weighted by Gasteiger charge is -2.07. The van der Waals surface area contributed by atoms with Crippen LogP contribution < -0.4 is 5.32 Å². The Morgan fingerprint density at radius 1 is 1.17 bits per heavy atom. The zero-order valence-electron chi connectivity index (χ0n) is 11.9. The summed E-state index contributed by atoms with van der Waals surface area (Å²) in [6, 6.07) is 8.48. The van der Waals surface area contributed by atoms with E-state index in [1.165, 1.54) is 0 Å². The number of amides is 1. The molecule has 1 amide bonds. The van der Waals surface area contributed by atoms with Gasteiger partial charge >= 0.3 is 0 Å². The summed E-state index contributed by atoms with van der Waals surface area (Å²) in [5, 5.41) is 22.5. The molecule has 0 bridgehead atoms. The van der Waals surface area contributed by atoms with Gasteiger partial charge in [0.15, 0.2) is 5.76 Å². The number of carbonyl (C=O) groups excluding carboxylic acids is 1. The summed E-state index contributed by atoms with van der Waals surface area (Å²) in [6.45, 7) is 0. The van der Waals surface area contributed by atoms with Crippen LogP contribution in [0.15, 0.2) is 53.0 Å². The predicted molar refractivity (Wildman–Crippen MR) is 90.8 cm³/mol. The minimum atomic E-state index is -0.525. The first kappa shape index (κ1) is 15.1. The molecule has 0 unspecified atom stereocenters. The van der Waals surface area contributed by atoms with Gasteiger partial charge < -0.3 is 14.6 Å². The van der Waals surface area contributed by atoms with Crippen LogP contribution in [0.25, 0.3) is 5.57 Å². The molecular weight excluding hydrogens is 314 g/mol. The van der Waals surface area contributed by atoms with E-state index in [1.54, 1.807) is 42.5 Å². The number of benzene rings is 1. The number of carbonyl (C=O) groups is 1. The van der Waals surface area contributed by atoms with Crippen molar-refractivity contribution >= 4 is 34.4 Å². The number of allylic oxidation sites excluding steroid dienone is 4. The fraction of sp³-hybridized carbons (Fsp3) is 0.0588. The van der Waals surface area contributed by atoms with E-state index in [1.807, 2.05) is 6.08 Å². The van der Waals surface area contributed by atoms with E-state index >= 15 is 0 Å². The van der Waals surface area contributed by atoms with Crippen molar-refractivity contribution in [1.29, 1.82) is 0 Å². The van der Waals surface area contributed by atoms with Gasteiger partial charge in [-0.3, -0.25) is 10.1 Å². The van der Waals surface area contributed by atoms with Gasteiger partial charge in [-0.1, -0.05) is 48.6 Å². The second kappa shape index (κ2) is 6.10. The molecule has 1 heterocycles. The Bertz CT molecular complexity index is 834. The van der Waals surface area contributed by atoms with Crippen LogP contribution in [-0.4, -0.2) is 21.0 Å². The average Bonchev–Trinajstić information content (AvgIpc) is 2.84. The van der Waals surface area contributed by atoms with Crippen LogP contribution >= 0.6 is 12.2 Å². The highest BCUT2D eigenvalue weighted by molar-refractivity contribution is 7.81. The molecule has 0 aliphatic heterocycles. The molecule has 5 nitrogen and oxygen atoms in total. The number of rotatable bonds is 3. The lowest BCUT2D eigenvalue weighted by molar-refractivity contribution is 0.102. The molecule has 116 valence electrons. The van der Waals surface area contributed by atoms with Gasteiger partial charge in [0, 0.05) is 22.4 Å². The van der Waals surface area contributed by atoms with E-state index in [0.717, 1.165) is 0 Å². The van der Waals surface area contributed by atoms with Crippen LogP contribution in [0.4, 0.5) is 5.88 Å². The van der Waals surface area contributed by atoms with Gasteiger partial charge in [-0.2, -0.15) is 0 Å². The van der Waals surface area contributed by atoms with E-state index in [9.17, 15) is 15.0 Å². The summed E-state index contributed by atoms with van der Waals surface area (Å²) in [4.78, 5) is 12.7. The molecule has 23 heavy (non-hydrogen) atoms. The number of aromatic hydroxyl groups is 2. The van der Waals surface area contributed by atoms with Crippen molar-refractivity contribution in [3.63, 3.8) is 0 Å². The van der Waals surface area contributed by atoms with Gasteiger partial charge in [-0.05, 0) is 12.1 Å². The number of hydrogen-bond acceptors (Lipinski definition) is 5. The molecule has 0 saturated heterocycles. The van der Waals surface area contributed by atoms with Crippen molar-refractivity contribution in [3.05, 3.63) is 59.9 Å². The highest BCUT2D eigenvalue weighted by atomic mass is 32.1. The van der Waals surface area contributed by atoms with Crippen LogP contribution in [0, 0.1) is 0 Å². The summed E-state index contributed by atoms with van der Waals surface area (Å²) >= 11 is 5.23.